The van der Waals surface area contributed by atoms with Crippen LogP contribution in [0.3, 0.4) is 0 Å². The monoisotopic (exact) mass is 512 g/mol. The molecule has 11 heteroatoms. The molecule has 0 saturated carbocycles. The molecule has 0 radical (unpaired) electrons. The number of hydrogen-bond donors (Lipinski definition) is 2. The number of aromatic nitrogens is 3. The number of halogens is 4. The lowest BCUT2D eigenvalue weighted by atomic mass is 9.93. The van der Waals surface area contributed by atoms with E-state index in [1.807, 2.05) is 0 Å². The second-order valence-corrected chi connectivity index (χ2v) is 8.67. The summed E-state index contributed by atoms with van der Waals surface area (Å²) in [5.74, 6) is -1.87. The van der Waals surface area contributed by atoms with Gasteiger partial charge in [0.05, 0.1) is 23.0 Å². The Morgan fingerprint density at radius 2 is 1.91 bits per heavy atom. The average Bonchev–Trinajstić information content (AvgIpc) is 3.25. The molecule has 0 spiro atoms. The number of aromatic amines is 1. The van der Waals surface area contributed by atoms with Crippen LogP contribution in [-0.4, -0.2) is 26.9 Å². The zero-order chi connectivity index (χ0) is 24.9. The van der Waals surface area contributed by atoms with Crippen molar-refractivity contribution in [2.24, 2.45) is 10.7 Å². The van der Waals surface area contributed by atoms with Crippen LogP contribution in [0.4, 0.5) is 14.5 Å². The number of rotatable bonds is 4. The molecule has 0 fully saturated rings. The Kier molecular flexibility index (Phi) is 5.74. The first-order valence-electron chi connectivity index (χ1n) is 10.3. The molecule has 0 bridgehead atoms. The van der Waals surface area contributed by atoms with Crippen LogP contribution in [-0.2, 0) is 4.79 Å². The molecule has 7 nitrogen and oxygen atoms in total. The summed E-state index contributed by atoms with van der Waals surface area (Å²) in [6.07, 6.45) is 3.01. The van der Waals surface area contributed by atoms with Crippen molar-refractivity contribution in [3.8, 4) is 0 Å². The normalized spacial score (nSPS) is 16.1. The van der Waals surface area contributed by atoms with Gasteiger partial charge in [0.2, 0.25) is 5.91 Å². The zero-order valence-corrected chi connectivity index (χ0v) is 19.6. The largest absolute Gasteiger partial charge is 0.366 e. The molecule has 4 aromatic rings. The van der Waals surface area contributed by atoms with Crippen LogP contribution >= 0.6 is 23.2 Å². The number of nitrogens with one attached hydrogen (secondary N) is 1. The van der Waals surface area contributed by atoms with Crippen LogP contribution in [0.15, 0.2) is 71.1 Å². The van der Waals surface area contributed by atoms with Gasteiger partial charge in [-0.15, -0.1) is 0 Å². The van der Waals surface area contributed by atoms with Gasteiger partial charge in [0.25, 0.3) is 0 Å². The molecule has 1 amide bonds. The Morgan fingerprint density at radius 1 is 1.11 bits per heavy atom. The Labute approximate surface area is 207 Å². The highest BCUT2D eigenvalue weighted by Crippen LogP contribution is 2.40. The van der Waals surface area contributed by atoms with E-state index in [0.717, 1.165) is 6.07 Å². The highest BCUT2D eigenvalue weighted by Gasteiger charge is 2.36. The van der Waals surface area contributed by atoms with E-state index in [9.17, 15) is 9.18 Å². The first kappa shape index (κ1) is 22.9. The van der Waals surface area contributed by atoms with Crippen molar-refractivity contribution < 1.29 is 13.6 Å². The molecule has 2 aromatic carbocycles. The minimum atomic E-state index is -1.11. The van der Waals surface area contributed by atoms with E-state index < -0.39 is 23.6 Å². The van der Waals surface area contributed by atoms with E-state index in [1.165, 1.54) is 29.3 Å². The van der Waals surface area contributed by atoms with Crippen molar-refractivity contribution in [2.45, 2.75) is 13.0 Å². The van der Waals surface area contributed by atoms with Gasteiger partial charge in [-0.2, -0.15) is 5.10 Å². The van der Waals surface area contributed by atoms with E-state index in [-0.39, 0.29) is 38.5 Å². The van der Waals surface area contributed by atoms with Gasteiger partial charge in [-0.3, -0.25) is 19.8 Å². The zero-order valence-electron chi connectivity index (χ0n) is 18.1. The first-order valence-corrected chi connectivity index (χ1v) is 11.1. The fourth-order valence-electron chi connectivity index (χ4n) is 4.15. The molecule has 35 heavy (non-hydrogen) atoms. The molecule has 0 unspecified atom stereocenters. The number of anilines is 1. The van der Waals surface area contributed by atoms with Gasteiger partial charge < -0.3 is 5.73 Å². The highest BCUT2D eigenvalue weighted by atomic mass is 35.5. The maximum absolute atomic E-state index is 15.4. The quantitative estimate of drug-likeness (QED) is 0.361. The van der Waals surface area contributed by atoms with Gasteiger partial charge in [-0.1, -0.05) is 29.3 Å². The number of H-pyrrole nitrogens is 1. The smallest absolute Gasteiger partial charge is 0.248 e. The summed E-state index contributed by atoms with van der Waals surface area (Å²) >= 11 is 12.1. The van der Waals surface area contributed by atoms with E-state index in [4.69, 9.17) is 33.9 Å². The van der Waals surface area contributed by atoms with Crippen molar-refractivity contribution in [3.05, 3.63) is 99.1 Å². The second-order valence-electron chi connectivity index (χ2n) is 7.85. The lowest BCUT2D eigenvalue weighted by Gasteiger charge is -2.35. The van der Waals surface area contributed by atoms with Crippen LogP contribution in [0, 0.1) is 11.6 Å². The third-order valence-electron chi connectivity index (χ3n) is 5.72. The molecule has 0 saturated heterocycles. The summed E-state index contributed by atoms with van der Waals surface area (Å²) in [4.78, 5) is 22.8. The number of carbonyl (C=O) groups is 1. The Hall–Kier alpha value is -3.82. The van der Waals surface area contributed by atoms with Gasteiger partial charge >= 0.3 is 0 Å². The summed E-state index contributed by atoms with van der Waals surface area (Å²) in [7, 11) is 0. The Bertz CT molecular complexity index is 1560. The Balaban J connectivity index is 1.80. The molecular formula is C24H16Cl2F2N6O. The Morgan fingerprint density at radius 3 is 2.63 bits per heavy atom. The molecule has 176 valence electrons. The number of pyridine rings is 1. The first-order chi connectivity index (χ1) is 16.7. The van der Waals surface area contributed by atoms with Crippen LogP contribution < -0.4 is 10.6 Å². The van der Waals surface area contributed by atoms with E-state index in [2.05, 4.69) is 15.2 Å². The number of primary amides is 1. The molecule has 5 rings (SSSR count). The standard InChI is InChI=1S/C24H16Cl2F2N6O/c1-11-21(23(29)35)22(15-3-2-14(25)8-16(15)27)32-24(12-4-5-30-20(26)7-12)34(11)19-6-13-10-31-33-18(13)9-17(19)28/h2-10,22H,1H3,(H2,29,35)(H,31,33)/t22-/m1/s1. The minimum Gasteiger partial charge on any atom is -0.366 e. The number of fused-ring (bicyclic) bond motifs is 1. The minimum absolute atomic E-state index is 0.00168. The number of amidine groups is 1. The van der Waals surface area contributed by atoms with Gasteiger partial charge in [0.15, 0.2) is 0 Å². The van der Waals surface area contributed by atoms with Crippen LogP contribution in [0.1, 0.15) is 24.1 Å². The van der Waals surface area contributed by atoms with Gasteiger partial charge in [0, 0.05) is 39.5 Å². The lowest BCUT2D eigenvalue weighted by Crippen LogP contribution is -2.39. The molecule has 3 N–H and O–H groups in total. The summed E-state index contributed by atoms with van der Waals surface area (Å²) in [6.45, 7) is 1.59. The topological polar surface area (TPSA) is 100 Å². The summed E-state index contributed by atoms with van der Waals surface area (Å²) in [5.41, 5.74) is 7.17. The van der Waals surface area contributed by atoms with Crippen molar-refractivity contribution in [1.82, 2.24) is 15.2 Å². The highest BCUT2D eigenvalue weighted by molar-refractivity contribution is 6.30. The molecule has 0 aliphatic carbocycles. The number of nitrogens with two attached hydrogens (primary N) is 1. The summed E-state index contributed by atoms with van der Waals surface area (Å²) < 4.78 is 30.4. The molecular weight excluding hydrogens is 497 g/mol. The molecule has 1 atom stereocenters. The number of aliphatic imine (C=N–C) groups is 1. The fourth-order valence-corrected chi connectivity index (χ4v) is 4.48. The molecule has 3 heterocycles. The van der Waals surface area contributed by atoms with Crippen molar-refractivity contribution >= 4 is 51.5 Å². The van der Waals surface area contributed by atoms with Crippen LogP contribution in [0.25, 0.3) is 10.9 Å². The van der Waals surface area contributed by atoms with E-state index in [1.54, 1.807) is 31.3 Å². The number of allylic oxidation sites excluding steroid dienone is 1. The van der Waals surface area contributed by atoms with Crippen molar-refractivity contribution in [1.29, 1.82) is 0 Å². The van der Waals surface area contributed by atoms with Gasteiger partial charge in [-0.05, 0) is 37.3 Å². The van der Waals surface area contributed by atoms with Crippen LogP contribution in [0.5, 0.6) is 0 Å². The fraction of sp³-hybridized carbons (Fsp3) is 0.0833. The van der Waals surface area contributed by atoms with Crippen molar-refractivity contribution in [2.75, 3.05) is 4.90 Å². The van der Waals surface area contributed by atoms with Gasteiger partial charge in [-0.25, -0.2) is 13.8 Å². The molecule has 2 aromatic heterocycles. The number of hydrogen-bond acceptors (Lipinski definition) is 5. The second kappa shape index (κ2) is 8.75. The lowest BCUT2D eigenvalue weighted by molar-refractivity contribution is -0.114. The predicted molar refractivity (Wildman–Crippen MR) is 130 cm³/mol. The summed E-state index contributed by atoms with van der Waals surface area (Å²) in [6, 6.07) is 8.97. The summed E-state index contributed by atoms with van der Waals surface area (Å²) in [5, 5.41) is 7.65. The van der Waals surface area contributed by atoms with Crippen molar-refractivity contribution in [3.63, 3.8) is 0 Å². The SMILES string of the molecule is CC1=C(C(N)=O)[C@@H](c2ccc(Cl)cc2F)N=C(c2ccnc(Cl)c2)N1c1cc2cn[nH]c2cc1F. The average molecular weight is 513 g/mol. The maximum Gasteiger partial charge on any atom is 0.248 e. The number of carbonyl (C=O) groups excluding carboxylic acids is 1. The molecule has 1 aliphatic rings. The molecule has 1 aliphatic heterocycles. The van der Waals surface area contributed by atoms with Gasteiger partial charge in [0.1, 0.15) is 28.7 Å². The maximum atomic E-state index is 15.4. The third kappa shape index (κ3) is 4.02. The third-order valence-corrected chi connectivity index (χ3v) is 6.16. The number of nitrogens with zero attached hydrogens (tertiary/aromatic N) is 4. The number of benzene rings is 2. The van der Waals surface area contributed by atoms with E-state index in [0.29, 0.717) is 16.5 Å². The van der Waals surface area contributed by atoms with Crippen LogP contribution in [0.2, 0.25) is 10.2 Å². The van der Waals surface area contributed by atoms with E-state index >= 15 is 4.39 Å². The predicted octanol–water partition coefficient (Wildman–Crippen LogP) is 5.31. The number of amides is 1.